The van der Waals surface area contributed by atoms with Gasteiger partial charge in [0.1, 0.15) is 11.8 Å². The number of likely N-dealkylation sites (N-methyl/N-ethyl adjacent to an activating group) is 1. The van der Waals surface area contributed by atoms with Gasteiger partial charge in [-0.25, -0.2) is 24.7 Å². The molecule has 1 saturated heterocycles. The number of urea groups is 1. The number of thiazole rings is 1. The minimum absolute atomic E-state index is 0.0772. The number of nitrogens with zero attached hydrogens (tertiary/aromatic N) is 7. The molecular formula is C20H19F3N8O4S. The number of ketones is 1. The number of halogens is 3. The Balaban J connectivity index is 1.52. The van der Waals surface area contributed by atoms with Crippen molar-refractivity contribution >= 4 is 47.1 Å². The lowest BCUT2D eigenvalue weighted by Gasteiger charge is -2.41. The Bertz CT molecular complexity index is 1250. The number of nitrogens with one attached hydrogen (secondary N) is 1. The smallest absolute Gasteiger partial charge is 0.335 e. The van der Waals surface area contributed by atoms with Crippen LogP contribution in [0.1, 0.15) is 19.7 Å². The molecule has 0 bridgehead atoms. The number of carbonyl (C=O) groups excluding carboxylic acids is 4. The first-order valence-electron chi connectivity index (χ1n) is 10.4. The predicted octanol–water partition coefficient (Wildman–Crippen LogP) is 1.47. The molecule has 0 aliphatic carbocycles. The number of fused-ring (bicyclic) bond motifs is 1. The van der Waals surface area contributed by atoms with Crippen LogP contribution in [0.15, 0.2) is 22.9 Å². The molecule has 2 aromatic rings. The molecular weight excluding hydrogens is 505 g/mol. The van der Waals surface area contributed by atoms with Gasteiger partial charge in [0.05, 0.1) is 23.3 Å². The Morgan fingerprint density at radius 2 is 1.86 bits per heavy atom. The van der Waals surface area contributed by atoms with Gasteiger partial charge < -0.3 is 15.1 Å². The first-order chi connectivity index (χ1) is 16.9. The highest BCUT2D eigenvalue weighted by Crippen LogP contribution is 2.33. The van der Waals surface area contributed by atoms with Crippen LogP contribution in [0.5, 0.6) is 0 Å². The summed E-state index contributed by atoms with van der Waals surface area (Å²) < 4.78 is 38.3. The summed E-state index contributed by atoms with van der Waals surface area (Å²) in [6, 6.07) is -2.66. The van der Waals surface area contributed by atoms with E-state index in [0.717, 1.165) is 28.6 Å². The lowest BCUT2D eigenvalue weighted by atomic mass is 10.1. The molecule has 0 saturated carbocycles. The van der Waals surface area contributed by atoms with Crippen LogP contribution in [0, 0.1) is 0 Å². The maximum absolute atomic E-state index is 13.1. The number of amides is 4. The highest BCUT2D eigenvalue weighted by Gasteiger charge is 2.51. The van der Waals surface area contributed by atoms with Gasteiger partial charge in [0.25, 0.3) is 5.91 Å². The molecule has 1 fully saturated rings. The number of aromatic nitrogens is 3. The molecule has 1 N–H and O–H groups in total. The summed E-state index contributed by atoms with van der Waals surface area (Å²) in [7, 11) is 1.44. The number of alkyl halides is 3. The van der Waals surface area contributed by atoms with Crippen molar-refractivity contribution in [1.82, 2.24) is 29.7 Å². The lowest BCUT2D eigenvalue weighted by Crippen LogP contribution is -2.66. The summed E-state index contributed by atoms with van der Waals surface area (Å²) in [5, 5.41) is 2.60. The van der Waals surface area contributed by atoms with Crippen molar-refractivity contribution in [1.29, 1.82) is 0 Å². The predicted molar refractivity (Wildman–Crippen MR) is 120 cm³/mol. The third-order valence-electron chi connectivity index (χ3n) is 5.59. The van der Waals surface area contributed by atoms with Crippen molar-refractivity contribution in [3.8, 4) is 10.4 Å². The summed E-state index contributed by atoms with van der Waals surface area (Å²) >= 11 is 1.06. The number of rotatable bonds is 6. The zero-order valence-corrected chi connectivity index (χ0v) is 19.9. The molecule has 0 spiro atoms. The quantitative estimate of drug-likeness (QED) is 0.599. The van der Waals surface area contributed by atoms with Crippen LogP contribution in [0.4, 0.5) is 23.8 Å². The zero-order chi connectivity index (χ0) is 26.4. The number of anilines is 1. The van der Waals surface area contributed by atoms with Crippen LogP contribution < -0.4 is 5.32 Å². The summed E-state index contributed by atoms with van der Waals surface area (Å²) in [4.78, 5) is 68.9. The maximum atomic E-state index is 13.1. The van der Waals surface area contributed by atoms with Gasteiger partial charge >= 0.3 is 12.2 Å². The second-order valence-corrected chi connectivity index (χ2v) is 8.93. The number of Topliss-reactive ketones (excluding diaryl/α,β-unsaturated/α-hetero) is 1. The fraction of sp³-hybridized carbons (Fsp3) is 0.400. The van der Waals surface area contributed by atoms with Crippen LogP contribution >= 0.6 is 11.3 Å². The standard InChI is InChI=1S/C20H19F3N8O4S/c1-9(32)6-30-17(34)12-15(29(3)19(30)35)26-7-31(12)10(2)16(33)28-14-13(36-8-27-14)11-4-24-18(25-5-11)20(21,22)23/h4-5,7-8,10,12,15H,6H2,1-3H3,(H,28,33)/t10-,12?,15?/m0/s1. The summed E-state index contributed by atoms with van der Waals surface area (Å²) in [6.07, 6.45) is -2.30. The molecule has 0 aromatic carbocycles. The van der Waals surface area contributed by atoms with Crippen LogP contribution in [-0.4, -0.2) is 91.5 Å². The van der Waals surface area contributed by atoms with E-state index in [-0.39, 0.29) is 17.2 Å². The Kier molecular flexibility index (Phi) is 6.46. The molecule has 0 radical (unpaired) electrons. The monoisotopic (exact) mass is 524 g/mol. The van der Waals surface area contributed by atoms with Crippen LogP contribution in [0.2, 0.25) is 0 Å². The van der Waals surface area contributed by atoms with E-state index in [1.54, 1.807) is 0 Å². The van der Waals surface area contributed by atoms with Crippen molar-refractivity contribution in [3.63, 3.8) is 0 Å². The molecule has 12 nitrogen and oxygen atoms in total. The van der Waals surface area contributed by atoms with Crippen molar-refractivity contribution in [2.45, 2.75) is 38.3 Å². The van der Waals surface area contributed by atoms with E-state index in [1.807, 2.05) is 0 Å². The molecule has 2 unspecified atom stereocenters. The number of aliphatic imine (C=N–C) groups is 1. The molecule has 4 rings (SSSR count). The Morgan fingerprint density at radius 1 is 1.19 bits per heavy atom. The van der Waals surface area contributed by atoms with Crippen molar-refractivity contribution in [2.75, 3.05) is 18.9 Å². The van der Waals surface area contributed by atoms with Gasteiger partial charge in [-0.15, -0.1) is 11.3 Å². The molecule has 4 heterocycles. The fourth-order valence-electron chi connectivity index (χ4n) is 3.77. The topological polar surface area (TPSA) is 141 Å². The molecule has 36 heavy (non-hydrogen) atoms. The lowest BCUT2D eigenvalue weighted by molar-refractivity contribution is -0.145. The average molecular weight is 524 g/mol. The number of hydrogen-bond acceptors (Lipinski definition) is 10. The van der Waals surface area contributed by atoms with Gasteiger partial charge in [-0.2, -0.15) is 13.2 Å². The zero-order valence-electron chi connectivity index (χ0n) is 19.1. The van der Waals surface area contributed by atoms with E-state index >= 15 is 0 Å². The third-order valence-corrected chi connectivity index (χ3v) is 6.46. The van der Waals surface area contributed by atoms with E-state index in [0.29, 0.717) is 4.88 Å². The highest BCUT2D eigenvalue weighted by atomic mass is 32.1. The minimum Gasteiger partial charge on any atom is -0.335 e. The molecule has 16 heteroatoms. The first kappa shape index (κ1) is 25.2. The van der Waals surface area contributed by atoms with E-state index in [9.17, 15) is 32.3 Å². The number of imide groups is 1. The highest BCUT2D eigenvalue weighted by molar-refractivity contribution is 7.13. The first-order valence-corrected chi connectivity index (χ1v) is 11.3. The third kappa shape index (κ3) is 4.50. The molecule has 2 aliphatic rings. The molecule has 2 aliphatic heterocycles. The Morgan fingerprint density at radius 3 is 2.47 bits per heavy atom. The van der Waals surface area contributed by atoms with Crippen molar-refractivity contribution < 1.29 is 32.3 Å². The maximum Gasteiger partial charge on any atom is 0.451 e. The van der Waals surface area contributed by atoms with Gasteiger partial charge in [-0.1, -0.05) is 0 Å². The SMILES string of the molecule is CC(=O)CN1C(=O)C2C(N=CN2[C@@H](C)C(=O)Nc2ncsc2-c2cnc(C(F)(F)F)nc2)N(C)C1=O. The summed E-state index contributed by atoms with van der Waals surface area (Å²) in [5.41, 5.74) is 1.62. The Labute approximate surface area is 205 Å². The van der Waals surface area contributed by atoms with Gasteiger partial charge in [0.2, 0.25) is 11.7 Å². The summed E-state index contributed by atoms with van der Waals surface area (Å²) in [6.45, 7) is 2.35. The van der Waals surface area contributed by atoms with E-state index in [2.05, 4.69) is 25.3 Å². The normalized spacial score (nSPS) is 20.6. The minimum atomic E-state index is -4.69. The van der Waals surface area contributed by atoms with Crippen LogP contribution in [-0.2, 0) is 20.6 Å². The van der Waals surface area contributed by atoms with Gasteiger partial charge in [-0.3, -0.25) is 19.3 Å². The fourth-order valence-corrected chi connectivity index (χ4v) is 4.49. The van der Waals surface area contributed by atoms with E-state index in [4.69, 9.17) is 0 Å². The molecule has 4 amide bonds. The van der Waals surface area contributed by atoms with E-state index < -0.39 is 54.6 Å². The van der Waals surface area contributed by atoms with Crippen LogP contribution in [0.25, 0.3) is 10.4 Å². The molecule has 190 valence electrons. The van der Waals surface area contributed by atoms with E-state index in [1.165, 1.54) is 42.5 Å². The molecule has 3 atom stereocenters. The van der Waals surface area contributed by atoms with Gasteiger partial charge in [0.15, 0.2) is 18.0 Å². The number of hydrogen-bond donors (Lipinski definition) is 1. The van der Waals surface area contributed by atoms with Crippen LogP contribution in [0.3, 0.4) is 0 Å². The number of carbonyl (C=O) groups is 4. The second kappa shape index (κ2) is 9.25. The Hall–Kier alpha value is -3.95. The largest absolute Gasteiger partial charge is 0.451 e. The average Bonchev–Trinajstić information content (AvgIpc) is 3.47. The second-order valence-electron chi connectivity index (χ2n) is 8.08. The van der Waals surface area contributed by atoms with Gasteiger partial charge in [-0.05, 0) is 13.8 Å². The summed E-state index contributed by atoms with van der Waals surface area (Å²) in [5.74, 6) is -2.85. The van der Waals surface area contributed by atoms with Crippen molar-refractivity contribution in [2.24, 2.45) is 4.99 Å². The van der Waals surface area contributed by atoms with Crippen molar-refractivity contribution in [3.05, 3.63) is 23.7 Å². The molecule has 2 aromatic heterocycles. The van der Waals surface area contributed by atoms with Gasteiger partial charge in [0, 0.05) is 25.0 Å².